The van der Waals surface area contributed by atoms with E-state index in [-0.39, 0.29) is 5.78 Å². The van der Waals surface area contributed by atoms with Crippen molar-refractivity contribution in [2.45, 2.75) is 32.6 Å². The number of carbonyl (C=O) groups is 1. The molecule has 1 aliphatic carbocycles. The van der Waals surface area contributed by atoms with Gasteiger partial charge in [-0.1, -0.05) is 24.6 Å². The van der Waals surface area contributed by atoms with Gasteiger partial charge in [0.25, 0.3) is 0 Å². The molecule has 0 spiro atoms. The standard InChI is InChI=1S/C10H11Cl.C9H10O2/c1-7-2-3-8-6-9(11)4-5-10(7)8;1-7(10)8-3-5-9(11-2)6-4-8/h4-7H,2-3H2,1H3;3-6H,1-2H3. The number of methoxy groups -OCH3 is 1. The van der Waals surface area contributed by atoms with Gasteiger partial charge in [-0.15, -0.1) is 0 Å². The number of fused-ring (bicyclic) bond motifs is 1. The van der Waals surface area contributed by atoms with E-state index in [1.54, 1.807) is 38.3 Å². The molecule has 2 aromatic rings. The number of ether oxygens (including phenoxy) is 1. The van der Waals surface area contributed by atoms with Crippen molar-refractivity contribution < 1.29 is 9.53 Å². The van der Waals surface area contributed by atoms with Gasteiger partial charge < -0.3 is 4.74 Å². The Balaban J connectivity index is 0.000000160. The second-order valence-electron chi connectivity index (χ2n) is 5.57. The van der Waals surface area contributed by atoms with Crippen molar-refractivity contribution in [3.8, 4) is 5.75 Å². The lowest BCUT2D eigenvalue weighted by Gasteiger charge is -2.02. The number of hydrogen-bond donors (Lipinski definition) is 0. The number of halogens is 1. The number of ketones is 1. The summed E-state index contributed by atoms with van der Waals surface area (Å²) in [5.74, 6) is 1.59. The van der Waals surface area contributed by atoms with Gasteiger partial charge in [0.05, 0.1) is 7.11 Å². The first-order valence-electron chi connectivity index (χ1n) is 7.44. The van der Waals surface area contributed by atoms with Crippen LogP contribution >= 0.6 is 11.6 Å². The minimum atomic E-state index is 0.0765. The fraction of sp³-hybridized carbons (Fsp3) is 0.316. The first-order chi connectivity index (χ1) is 10.5. The zero-order valence-electron chi connectivity index (χ0n) is 13.2. The molecular formula is C19H21ClO2. The van der Waals surface area contributed by atoms with E-state index < -0.39 is 0 Å². The maximum atomic E-state index is 10.8. The quantitative estimate of drug-likeness (QED) is 0.704. The maximum absolute atomic E-state index is 10.8. The van der Waals surface area contributed by atoms with Crippen molar-refractivity contribution >= 4 is 17.4 Å². The van der Waals surface area contributed by atoms with Crippen molar-refractivity contribution in [1.29, 1.82) is 0 Å². The summed E-state index contributed by atoms with van der Waals surface area (Å²) in [6, 6.07) is 13.3. The van der Waals surface area contributed by atoms with Crippen LogP contribution in [0.4, 0.5) is 0 Å². The largest absolute Gasteiger partial charge is 0.497 e. The van der Waals surface area contributed by atoms with Crippen LogP contribution in [-0.2, 0) is 6.42 Å². The summed E-state index contributed by atoms with van der Waals surface area (Å²) in [4.78, 5) is 10.8. The molecular weight excluding hydrogens is 296 g/mol. The third-order valence-corrected chi connectivity index (χ3v) is 4.21. The summed E-state index contributed by atoms with van der Waals surface area (Å²) >= 11 is 5.87. The van der Waals surface area contributed by atoms with Gasteiger partial charge in [-0.2, -0.15) is 0 Å². The van der Waals surface area contributed by atoms with E-state index in [1.165, 1.54) is 24.0 Å². The highest BCUT2D eigenvalue weighted by molar-refractivity contribution is 6.30. The number of benzene rings is 2. The molecule has 0 aromatic heterocycles. The van der Waals surface area contributed by atoms with Crippen molar-refractivity contribution in [3.05, 3.63) is 64.2 Å². The topological polar surface area (TPSA) is 26.3 Å². The van der Waals surface area contributed by atoms with Gasteiger partial charge in [0.1, 0.15) is 5.75 Å². The van der Waals surface area contributed by atoms with Crippen LogP contribution in [0.1, 0.15) is 47.7 Å². The molecule has 3 rings (SSSR count). The molecule has 1 atom stereocenters. The van der Waals surface area contributed by atoms with E-state index in [2.05, 4.69) is 19.1 Å². The van der Waals surface area contributed by atoms with E-state index >= 15 is 0 Å². The van der Waals surface area contributed by atoms with Gasteiger partial charge in [0, 0.05) is 10.6 Å². The van der Waals surface area contributed by atoms with Crippen LogP contribution in [0.15, 0.2) is 42.5 Å². The van der Waals surface area contributed by atoms with Crippen LogP contribution in [0, 0.1) is 0 Å². The molecule has 0 N–H and O–H groups in total. The predicted molar refractivity (Wildman–Crippen MR) is 91.2 cm³/mol. The Bertz CT molecular complexity index is 647. The average molecular weight is 317 g/mol. The van der Waals surface area contributed by atoms with Crippen molar-refractivity contribution in [3.63, 3.8) is 0 Å². The molecule has 0 radical (unpaired) electrons. The molecule has 0 amide bonds. The summed E-state index contributed by atoms with van der Waals surface area (Å²) in [5.41, 5.74) is 3.66. The average Bonchev–Trinajstić information content (AvgIpc) is 2.88. The highest BCUT2D eigenvalue weighted by Gasteiger charge is 2.17. The SMILES string of the molecule is CC1CCc2cc(Cl)ccc21.COc1ccc(C(C)=O)cc1. The molecule has 22 heavy (non-hydrogen) atoms. The van der Waals surface area contributed by atoms with Crippen LogP contribution in [0.25, 0.3) is 0 Å². The van der Waals surface area contributed by atoms with Gasteiger partial charge >= 0.3 is 0 Å². The molecule has 0 heterocycles. The van der Waals surface area contributed by atoms with Gasteiger partial charge in [0.2, 0.25) is 0 Å². The lowest BCUT2D eigenvalue weighted by Crippen LogP contribution is -1.91. The van der Waals surface area contributed by atoms with Crippen LogP contribution in [0.2, 0.25) is 5.02 Å². The molecule has 1 aliphatic rings. The van der Waals surface area contributed by atoms with Crippen molar-refractivity contribution in [2.75, 3.05) is 7.11 Å². The normalized spacial score (nSPS) is 15.5. The third kappa shape index (κ3) is 4.11. The minimum absolute atomic E-state index is 0.0765. The second-order valence-corrected chi connectivity index (χ2v) is 6.00. The third-order valence-electron chi connectivity index (χ3n) is 3.98. The Morgan fingerprint density at radius 1 is 1.18 bits per heavy atom. The molecule has 2 aromatic carbocycles. The Labute approximate surface area is 137 Å². The Morgan fingerprint density at radius 2 is 1.86 bits per heavy atom. The second kappa shape index (κ2) is 7.46. The molecule has 3 heteroatoms. The van der Waals surface area contributed by atoms with Gasteiger partial charge in [-0.25, -0.2) is 0 Å². The Hall–Kier alpha value is -1.80. The minimum Gasteiger partial charge on any atom is -0.497 e. The zero-order valence-corrected chi connectivity index (χ0v) is 14.0. The number of carbonyl (C=O) groups excluding carboxylic acids is 1. The van der Waals surface area contributed by atoms with Crippen molar-refractivity contribution in [2.24, 2.45) is 0 Å². The zero-order chi connectivity index (χ0) is 16.1. The first kappa shape index (κ1) is 16.6. The van der Waals surface area contributed by atoms with E-state index in [1.807, 2.05) is 6.07 Å². The van der Waals surface area contributed by atoms with Gasteiger partial charge in [0.15, 0.2) is 5.78 Å². The van der Waals surface area contributed by atoms with E-state index in [9.17, 15) is 4.79 Å². The van der Waals surface area contributed by atoms with Crippen LogP contribution < -0.4 is 4.74 Å². The molecule has 0 bridgehead atoms. The van der Waals surface area contributed by atoms with Gasteiger partial charge in [-0.3, -0.25) is 4.79 Å². The van der Waals surface area contributed by atoms with Crippen LogP contribution in [0.5, 0.6) is 5.75 Å². The smallest absolute Gasteiger partial charge is 0.159 e. The molecule has 0 saturated carbocycles. The van der Waals surface area contributed by atoms with Gasteiger partial charge in [-0.05, 0) is 73.2 Å². The maximum Gasteiger partial charge on any atom is 0.159 e. The van der Waals surface area contributed by atoms with Crippen molar-refractivity contribution in [1.82, 2.24) is 0 Å². The highest BCUT2D eigenvalue weighted by Crippen LogP contribution is 2.33. The summed E-state index contributed by atoms with van der Waals surface area (Å²) < 4.78 is 4.94. The lowest BCUT2D eigenvalue weighted by molar-refractivity contribution is 0.101. The summed E-state index contributed by atoms with van der Waals surface area (Å²) in [5, 5.41) is 0.873. The molecule has 0 saturated heterocycles. The Morgan fingerprint density at radius 3 is 2.45 bits per heavy atom. The van der Waals surface area contributed by atoms with E-state index in [0.717, 1.165) is 16.7 Å². The molecule has 0 fully saturated rings. The lowest BCUT2D eigenvalue weighted by atomic mass is 10.0. The number of hydrogen-bond acceptors (Lipinski definition) is 2. The highest BCUT2D eigenvalue weighted by atomic mass is 35.5. The first-order valence-corrected chi connectivity index (χ1v) is 7.82. The summed E-state index contributed by atoms with van der Waals surface area (Å²) in [6.45, 7) is 3.82. The Kier molecular flexibility index (Phi) is 5.62. The number of aryl methyl sites for hydroxylation is 1. The fourth-order valence-electron chi connectivity index (χ4n) is 2.62. The molecule has 116 valence electrons. The number of rotatable bonds is 2. The monoisotopic (exact) mass is 316 g/mol. The summed E-state index contributed by atoms with van der Waals surface area (Å²) in [6.07, 6.45) is 2.49. The molecule has 2 nitrogen and oxygen atoms in total. The van der Waals surface area contributed by atoms with Crippen LogP contribution in [-0.4, -0.2) is 12.9 Å². The van der Waals surface area contributed by atoms with Crippen LogP contribution in [0.3, 0.4) is 0 Å². The van der Waals surface area contributed by atoms with E-state index in [4.69, 9.17) is 16.3 Å². The summed E-state index contributed by atoms with van der Waals surface area (Å²) in [7, 11) is 1.60. The fourth-order valence-corrected chi connectivity index (χ4v) is 2.82. The molecule has 0 aliphatic heterocycles. The number of Topliss-reactive ketones (excluding diaryl/α,β-unsaturated/α-hetero) is 1. The molecule has 1 unspecified atom stereocenters. The van der Waals surface area contributed by atoms with E-state index in [0.29, 0.717) is 5.56 Å². The predicted octanol–water partition coefficient (Wildman–Crippen LogP) is 5.29.